The van der Waals surface area contributed by atoms with Crippen molar-refractivity contribution < 1.29 is 13.2 Å². The molecule has 1 aromatic heterocycles. The van der Waals surface area contributed by atoms with Gasteiger partial charge in [0.1, 0.15) is 0 Å². The molecule has 1 aromatic carbocycles. The average molecular weight is 307 g/mol. The van der Waals surface area contributed by atoms with E-state index >= 15 is 0 Å². The van der Waals surface area contributed by atoms with E-state index in [4.69, 9.17) is 0 Å². The molecule has 118 valence electrons. The summed E-state index contributed by atoms with van der Waals surface area (Å²) in [5.41, 5.74) is 1.00. The number of nitrogens with zero attached hydrogens (tertiary/aromatic N) is 1. The lowest BCUT2D eigenvalue weighted by atomic mass is 10.0. The van der Waals surface area contributed by atoms with Crippen LogP contribution in [-0.2, 0) is 12.6 Å². The third kappa shape index (κ3) is 4.58. The Morgan fingerprint density at radius 2 is 1.68 bits per heavy atom. The second-order valence-corrected chi connectivity index (χ2v) is 5.41. The molecule has 0 N–H and O–H groups in total. The van der Waals surface area contributed by atoms with Crippen LogP contribution in [0.3, 0.4) is 0 Å². The van der Waals surface area contributed by atoms with E-state index < -0.39 is 11.7 Å². The van der Waals surface area contributed by atoms with Crippen LogP contribution in [0.1, 0.15) is 43.9 Å². The standard InChI is InChI=1S/C18H20F3N/c1-2-3-4-8-11-16-12-15(18(19,20)21)13-17(22-16)14-9-6-5-7-10-14/h5-7,9-10,12-13H,2-4,8,11H2,1H3. The smallest absolute Gasteiger partial charge is 0.253 e. The summed E-state index contributed by atoms with van der Waals surface area (Å²) in [5.74, 6) is 0. The Hall–Kier alpha value is -1.84. The maximum atomic E-state index is 13.1. The van der Waals surface area contributed by atoms with Crippen LogP contribution in [0.25, 0.3) is 11.3 Å². The Morgan fingerprint density at radius 1 is 0.955 bits per heavy atom. The zero-order valence-corrected chi connectivity index (χ0v) is 12.7. The number of alkyl halides is 3. The summed E-state index contributed by atoms with van der Waals surface area (Å²) in [6.45, 7) is 2.11. The molecule has 1 heterocycles. The van der Waals surface area contributed by atoms with Crippen LogP contribution in [0, 0.1) is 0 Å². The van der Waals surface area contributed by atoms with E-state index in [0.29, 0.717) is 23.4 Å². The zero-order valence-electron chi connectivity index (χ0n) is 12.7. The Kier molecular flexibility index (Phi) is 5.58. The van der Waals surface area contributed by atoms with Crippen molar-refractivity contribution in [3.05, 3.63) is 53.7 Å². The number of hydrogen-bond acceptors (Lipinski definition) is 1. The molecule has 0 atom stereocenters. The number of pyridine rings is 1. The molecule has 0 bridgehead atoms. The Bertz CT molecular complexity index is 591. The fraction of sp³-hybridized carbons (Fsp3) is 0.389. The normalized spacial score (nSPS) is 11.6. The Labute approximate surface area is 129 Å². The van der Waals surface area contributed by atoms with Crippen LogP contribution in [0.4, 0.5) is 13.2 Å². The van der Waals surface area contributed by atoms with E-state index in [0.717, 1.165) is 31.7 Å². The van der Waals surface area contributed by atoms with Crippen LogP contribution in [-0.4, -0.2) is 4.98 Å². The predicted molar refractivity (Wildman–Crippen MR) is 82.5 cm³/mol. The first-order valence-corrected chi connectivity index (χ1v) is 7.64. The van der Waals surface area contributed by atoms with Gasteiger partial charge in [0.25, 0.3) is 0 Å². The summed E-state index contributed by atoms with van der Waals surface area (Å²) in [4.78, 5) is 4.41. The van der Waals surface area contributed by atoms with E-state index in [1.807, 2.05) is 6.07 Å². The minimum absolute atomic E-state index is 0.390. The van der Waals surface area contributed by atoms with E-state index in [2.05, 4.69) is 11.9 Å². The van der Waals surface area contributed by atoms with Gasteiger partial charge in [-0.2, -0.15) is 13.2 Å². The highest BCUT2D eigenvalue weighted by Crippen LogP contribution is 2.32. The van der Waals surface area contributed by atoms with Gasteiger partial charge in [-0.3, -0.25) is 4.98 Å². The molecule has 0 fully saturated rings. The fourth-order valence-corrected chi connectivity index (χ4v) is 2.37. The summed E-state index contributed by atoms with van der Waals surface area (Å²) < 4.78 is 39.2. The summed E-state index contributed by atoms with van der Waals surface area (Å²) in [5, 5.41) is 0. The van der Waals surface area contributed by atoms with E-state index in [-0.39, 0.29) is 0 Å². The van der Waals surface area contributed by atoms with E-state index in [1.54, 1.807) is 24.3 Å². The first-order chi connectivity index (χ1) is 10.5. The van der Waals surface area contributed by atoms with Crippen molar-refractivity contribution in [3.63, 3.8) is 0 Å². The van der Waals surface area contributed by atoms with Gasteiger partial charge in [-0.05, 0) is 25.0 Å². The molecule has 1 nitrogen and oxygen atoms in total. The van der Waals surface area contributed by atoms with Gasteiger partial charge in [0, 0.05) is 11.3 Å². The molecule has 0 saturated carbocycles. The van der Waals surface area contributed by atoms with Gasteiger partial charge in [0.2, 0.25) is 0 Å². The molecule has 2 rings (SSSR count). The molecule has 0 unspecified atom stereocenters. The van der Waals surface area contributed by atoms with Gasteiger partial charge in [-0.1, -0.05) is 56.5 Å². The van der Waals surface area contributed by atoms with Gasteiger partial charge in [0.05, 0.1) is 11.3 Å². The van der Waals surface area contributed by atoms with Crippen molar-refractivity contribution in [1.29, 1.82) is 0 Å². The second kappa shape index (κ2) is 7.43. The third-order valence-corrected chi connectivity index (χ3v) is 3.56. The molecule has 0 aliphatic heterocycles. The van der Waals surface area contributed by atoms with Crippen molar-refractivity contribution in [2.24, 2.45) is 0 Å². The number of aryl methyl sites for hydroxylation is 1. The van der Waals surface area contributed by atoms with Crippen molar-refractivity contribution in [2.45, 2.75) is 45.2 Å². The highest BCUT2D eigenvalue weighted by atomic mass is 19.4. The topological polar surface area (TPSA) is 12.9 Å². The maximum absolute atomic E-state index is 13.1. The molecule has 4 heteroatoms. The maximum Gasteiger partial charge on any atom is 0.416 e. The summed E-state index contributed by atoms with van der Waals surface area (Å²) >= 11 is 0. The van der Waals surface area contributed by atoms with Gasteiger partial charge in [-0.25, -0.2) is 0 Å². The van der Waals surface area contributed by atoms with Crippen LogP contribution in [0.15, 0.2) is 42.5 Å². The average Bonchev–Trinajstić information content (AvgIpc) is 2.51. The molecule has 0 radical (unpaired) electrons. The summed E-state index contributed by atoms with van der Waals surface area (Å²) in [6.07, 6.45) is 0.343. The van der Waals surface area contributed by atoms with Crippen molar-refractivity contribution in [2.75, 3.05) is 0 Å². The third-order valence-electron chi connectivity index (χ3n) is 3.56. The van der Waals surface area contributed by atoms with Crippen molar-refractivity contribution >= 4 is 0 Å². The van der Waals surface area contributed by atoms with Crippen LogP contribution in [0.2, 0.25) is 0 Å². The molecule has 22 heavy (non-hydrogen) atoms. The largest absolute Gasteiger partial charge is 0.416 e. The molecule has 0 aliphatic rings. The predicted octanol–water partition coefficient (Wildman–Crippen LogP) is 5.89. The first kappa shape index (κ1) is 16.5. The van der Waals surface area contributed by atoms with Gasteiger partial charge >= 0.3 is 6.18 Å². The fourth-order valence-electron chi connectivity index (χ4n) is 2.37. The van der Waals surface area contributed by atoms with Crippen LogP contribution < -0.4 is 0 Å². The Balaban J connectivity index is 2.29. The molecule has 0 amide bonds. The quantitative estimate of drug-likeness (QED) is 0.606. The Morgan fingerprint density at radius 3 is 2.32 bits per heavy atom. The monoisotopic (exact) mass is 307 g/mol. The minimum atomic E-state index is -4.34. The van der Waals surface area contributed by atoms with Gasteiger partial charge in [0.15, 0.2) is 0 Å². The molecular formula is C18H20F3N. The van der Waals surface area contributed by atoms with Gasteiger partial charge < -0.3 is 0 Å². The minimum Gasteiger partial charge on any atom is -0.253 e. The SMILES string of the molecule is CCCCCCc1cc(C(F)(F)F)cc(-c2ccccc2)n1. The van der Waals surface area contributed by atoms with Crippen molar-refractivity contribution in [3.8, 4) is 11.3 Å². The van der Waals surface area contributed by atoms with Crippen molar-refractivity contribution in [1.82, 2.24) is 4.98 Å². The van der Waals surface area contributed by atoms with E-state index in [9.17, 15) is 13.2 Å². The summed E-state index contributed by atoms with van der Waals surface area (Å²) in [6, 6.07) is 11.3. The molecular weight excluding hydrogens is 287 g/mol. The lowest BCUT2D eigenvalue weighted by Crippen LogP contribution is -2.07. The molecule has 0 spiro atoms. The molecule has 2 aromatic rings. The number of aromatic nitrogens is 1. The van der Waals surface area contributed by atoms with Crippen LogP contribution in [0.5, 0.6) is 0 Å². The lowest BCUT2D eigenvalue weighted by molar-refractivity contribution is -0.137. The number of benzene rings is 1. The zero-order chi connectivity index (χ0) is 16.0. The van der Waals surface area contributed by atoms with Crippen LogP contribution >= 0.6 is 0 Å². The number of halogens is 3. The summed E-state index contributed by atoms with van der Waals surface area (Å²) in [7, 11) is 0. The molecule has 0 saturated heterocycles. The second-order valence-electron chi connectivity index (χ2n) is 5.41. The lowest BCUT2D eigenvalue weighted by Gasteiger charge is -2.12. The van der Waals surface area contributed by atoms with E-state index in [1.165, 1.54) is 6.07 Å². The number of unbranched alkanes of at least 4 members (excludes halogenated alkanes) is 3. The highest BCUT2D eigenvalue weighted by Gasteiger charge is 2.31. The first-order valence-electron chi connectivity index (χ1n) is 7.64. The van der Waals surface area contributed by atoms with Gasteiger partial charge in [-0.15, -0.1) is 0 Å². The molecule has 0 aliphatic carbocycles. The number of rotatable bonds is 6. The number of hydrogen-bond donors (Lipinski definition) is 0. The highest BCUT2D eigenvalue weighted by molar-refractivity contribution is 5.60.